The third kappa shape index (κ3) is 4.15. The Bertz CT molecular complexity index is 419. The van der Waals surface area contributed by atoms with Crippen LogP contribution in [0.15, 0.2) is 18.2 Å². The highest BCUT2D eigenvalue weighted by Crippen LogP contribution is 2.24. The van der Waals surface area contributed by atoms with E-state index >= 15 is 0 Å². The second-order valence-corrected chi connectivity index (χ2v) is 5.58. The number of likely N-dealkylation sites (N-methyl/N-ethyl adjacent to an activating group) is 1. The van der Waals surface area contributed by atoms with Crippen molar-refractivity contribution in [2.45, 2.75) is 39.7 Å². The molecule has 3 heteroatoms. The van der Waals surface area contributed by atoms with Gasteiger partial charge in [0, 0.05) is 0 Å². The van der Waals surface area contributed by atoms with Gasteiger partial charge in [-0.3, -0.25) is 4.79 Å². The Hall–Kier alpha value is -1.35. The molecule has 1 aromatic rings. The number of nitrogens with one attached hydrogen (secondary N) is 1. The number of carbonyl (C=O) groups is 1. The summed E-state index contributed by atoms with van der Waals surface area (Å²) in [6.07, 6.45) is 0. The summed E-state index contributed by atoms with van der Waals surface area (Å²) in [6, 6.07) is 6.32. The van der Waals surface area contributed by atoms with Crippen LogP contribution < -0.4 is 5.32 Å². The van der Waals surface area contributed by atoms with Crippen molar-refractivity contribution in [3.05, 3.63) is 34.9 Å². The molecule has 0 heterocycles. The molecule has 18 heavy (non-hydrogen) atoms. The van der Waals surface area contributed by atoms with Gasteiger partial charge in [-0.1, -0.05) is 39.0 Å². The first-order valence-electron chi connectivity index (χ1n) is 6.25. The van der Waals surface area contributed by atoms with Gasteiger partial charge in [0.15, 0.2) is 0 Å². The SMILES string of the molecule is CNCC(=O)OCc1ccc(C(C)(C)C)cc1C. The maximum atomic E-state index is 11.3. The van der Waals surface area contributed by atoms with Crippen LogP contribution >= 0.6 is 0 Å². The van der Waals surface area contributed by atoms with Crippen molar-refractivity contribution in [1.82, 2.24) is 5.32 Å². The lowest BCUT2D eigenvalue weighted by atomic mass is 9.85. The van der Waals surface area contributed by atoms with Gasteiger partial charge in [0.2, 0.25) is 0 Å². The molecule has 0 aliphatic carbocycles. The van der Waals surface area contributed by atoms with Gasteiger partial charge < -0.3 is 10.1 Å². The van der Waals surface area contributed by atoms with E-state index in [0.717, 1.165) is 5.56 Å². The highest BCUT2D eigenvalue weighted by atomic mass is 16.5. The first-order valence-corrected chi connectivity index (χ1v) is 6.25. The lowest BCUT2D eigenvalue weighted by Crippen LogP contribution is -2.21. The van der Waals surface area contributed by atoms with Crippen LogP contribution in [0.5, 0.6) is 0 Å². The summed E-state index contributed by atoms with van der Waals surface area (Å²) in [5.74, 6) is -0.225. The third-order valence-electron chi connectivity index (χ3n) is 2.92. The minimum atomic E-state index is -0.225. The monoisotopic (exact) mass is 249 g/mol. The van der Waals surface area contributed by atoms with E-state index in [1.807, 2.05) is 6.07 Å². The molecule has 0 spiro atoms. The Kier molecular flexibility index (Phi) is 4.91. The van der Waals surface area contributed by atoms with E-state index in [9.17, 15) is 4.79 Å². The molecule has 0 aromatic heterocycles. The van der Waals surface area contributed by atoms with Crippen LogP contribution in [0, 0.1) is 6.92 Å². The number of esters is 1. The van der Waals surface area contributed by atoms with E-state index in [-0.39, 0.29) is 17.9 Å². The average molecular weight is 249 g/mol. The standard InChI is InChI=1S/C15H23NO2/c1-11-8-13(15(2,3)4)7-6-12(11)10-18-14(17)9-16-5/h6-8,16H,9-10H2,1-5H3. The minimum absolute atomic E-state index is 0.145. The van der Waals surface area contributed by atoms with Gasteiger partial charge in [0.1, 0.15) is 6.61 Å². The second kappa shape index (κ2) is 6.01. The van der Waals surface area contributed by atoms with E-state index in [2.05, 4.69) is 45.1 Å². The van der Waals surface area contributed by atoms with Crippen molar-refractivity contribution in [3.8, 4) is 0 Å². The fourth-order valence-electron chi connectivity index (χ4n) is 1.68. The van der Waals surface area contributed by atoms with E-state index < -0.39 is 0 Å². The Morgan fingerprint density at radius 1 is 1.33 bits per heavy atom. The van der Waals surface area contributed by atoms with Crippen LogP contribution in [0.2, 0.25) is 0 Å². The summed E-state index contributed by atoms with van der Waals surface area (Å²) >= 11 is 0. The average Bonchev–Trinajstić information content (AvgIpc) is 2.26. The molecule has 0 bridgehead atoms. The summed E-state index contributed by atoms with van der Waals surface area (Å²) in [4.78, 5) is 11.3. The number of benzene rings is 1. The van der Waals surface area contributed by atoms with E-state index in [0.29, 0.717) is 6.61 Å². The van der Waals surface area contributed by atoms with Crippen molar-refractivity contribution in [2.75, 3.05) is 13.6 Å². The number of hydrogen-bond donors (Lipinski definition) is 1. The first kappa shape index (κ1) is 14.7. The van der Waals surface area contributed by atoms with Crippen molar-refractivity contribution in [2.24, 2.45) is 0 Å². The van der Waals surface area contributed by atoms with Gasteiger partial charge in [-0.2, -0.15) is 0 Å². The predicted octanol–water partition coefficient (Wildman–Crippen LogP) is 2.56. The Labute approximate surface area is 110 Å². The molecule has 0 saturated heterocycles. The molecule has 100 valence electrons. The maximum absolute atomic E-state index is 11.3. The fourth-order valence-corrected chi connectivity index (χ4v) is 1.68. The summed E-state index contributed by atoms with van der Waals surface area (Å²) in [7, 11) is 1.73. The molecular weight excluding hydrogens is 226 g/mol. The second-order valence-electron chi connectivity index (χ2n) is 5.58. The molecule has 0 atom stereocenters. The first-order chi connectivity index (χ1) is 8.34. The van der Waals surface area contributed by atoms with Gasteiger partial charge in [0.05, 0.1) is 6.54 Å². The molecular formula is C15H23NO2. The molecule has 1 rings (SSSR count). The van der Waals surface area contributed by atoms with E-state index in [4.69, 9.17) is 4.74 Å². The fraction of sp³-hybridized carbons (Fsp3) is 0.533. The summed E-state index contributed by atoms with van der Waals surface area (Å²) < 4.78 is 5.17. The Morgan fingerprint density at radius 3 is 2.50 bits per heavy atom. The largest absolute Gasteiger partial charge is 0.460 e. The number of ether oxygens (including phenoxy) is 1. The van der Waals surface area contributed by atoms with Crippen molar-refractivity contribution >= 4 is 5.97 Å². The summed E-state index contributed by atoms with van der Waals surface area (Å²) in [5, 5.41) is 2.77. The molecule has 1 N–H and O–H groups in total. The van der Waals surface area contributed by atoms with Gasteiger partial charge in [-0.05, 0) is 36.1 Å². The molecule has 0 fully saturated rings. The number of hydrogen-bond acceptors (Lipinski definition) is 3. The smallest absolute Gasteiger partial charge is 0.320 e. The van der Waals surface area contributed by atoms with Crippen molar-refractivity contribution in [1.29, 1.82) is 0 Å². The van der Waals surface area contributed by atoms with Crippen molar-refractivity contribution in [3.63, 3.8) is 0 Å². The zero-order chi connectivity index (χ0) is 13.8. The number of aryl methyl sites for hydroxylation is 1. The zero-order valence-electron chi connectivity index (χ0n) is 12.0. The lowest BCUT2D eigenvalue weighted by Gasteiger charge is -2.20. The highest BCUT2D eigenvalue weighted by Gasteiger charge is 2.14. The van der Waals surface area contributed by atoms with Crippen molar-refractivity contribution < 1.29 is 9.53 Å². The minimum Gasteiger partial charge on any atom is -0.460 e. The lowest BCUT2D eigenvalue weighted by molar-refractivity contribution is -0.143. The quantitative estimate of drug-likeness (QED) is 0.833. The topological polar surface area (TPSA) is 38.3 Å². The molecule has 0 radical (unpaired) electrons. The Balaban J connectivity index is 2.72. The zero-order valence-corrected chi connectivity index (χ0v) is 12.0. The van der Waals surface area contributed by atoms with Gasteiger partial charge in [-0.15, -0.1) is 0 Å². The van der Waals surface area contributed by atoms with Crippen LogP contribution in [-0.2, 0) is 21.6 Å². The molecule has 1 aromatic carbocycles. The van der Waals surface area contributed by atoms with E-state index in [1.165, 1.54) is 11.1 Å². The predicted molar refractivity (Wildman–Crippen MR) is 73.6 cm³/mol. The highest BCUT2D eigenvalue weighted by molar-refractivity contribution is 5.71. The van der Waals surface area contributed by atoms with Crippen LogP contribution in [0.3, 0.4) is 0 Å². The number of carbonyl (C=O) groups excluding carboxylic acids is 1. The van der Waals surface area contributed by atoms with Crippen LogP contribution in [-0.4, -0.2) is 19.6 Å². The third-order valence-corrected chi connectivity index (χ3v) is 2.92. The molecule has 0 aliphatic heterocycles. The molecule has 3 nitrogen and oxygen atoms in total. The normalized spacial score (nSPS) is 11.4. The van der Waals surface area contributed by atoms with Crippen LogP contribution in [0.25, 0.3) is 0 Å². The van der Waals surface area contributed by atoms with E-state index in [1.54, 1.807) is 7.05 Å². The maximum Gasteiger partial charge on any atom is 0.320 e. The molecule has 0 saturated carbocycles. The van der Waals surface area contributed by atoms with Gasteiger partial charge in [0.25, 0.3) is 0 Å². The van der Waals surface area contributed by atoms with Gasteiger partial charge in [-0.25, -0.2) is 0 Å². The summed E-state index contributed by atoms with van der Waals surface area (Å²) in [6.45, 7) is 9.21. The Morgan fingerprint density at radius 2 is 2.00 bits per heavy atom. The van der Waals surface area contributed by atoms with Crippen LogP contribution in [0.1, 0.15) is 37.5 Å². The summed E-state index contributed by atoms with van der Waals surface area (Å²) in [5.41, 5.74) is 3.67. The van der Waals surface area contributed by atoms with Gasteiger partial charge >= 0.3 is 5.97 Å². The molecule has 0 unspecified atom stereocenters. The number of rotatable bonds is 4. The molecule has 0 aliphatic rings. The van der Waals surface area contributed by atoms with Crippen LogP contribution in [0.4, 0.5) is 0 Å². The molecule has 0 amide bonds.